The molecule has 3 heterocycles. The third-order valence-corrected chi connectivity index (χ3v) is 9.32. The number of halogens is 3. The number of carbonyl (C=O) groups excluding carboxylic acids is 2. The number of rotatable bonds is 6. The molecule has 3 fully saturated rings. The molecule has 3 aliphatic rings. The van der Waals surface area contributed by atoms with Gasteiger partial charge in [0.15, 0.2) is 0 Å². The van der Waals surface area contributed by atoms with Crippen molar-refractivity contribution in [1.29, 1.82) is 0 Å². The summed E-state index contributed by atoms with van der Waals surface area (Å²) in [4.78, 5) is 27.7. The number of likely N-dealkylation sites (tertiary alicyclic amines) is 1. The lowest BCUT2D eigenvalue weighted by atomic mass is 9.97. The molecule has 0 bridgehead atoms. The maximum Gasteiger partial charge on any atom is 0.416 e. The second-order valence-corrected chi connectivity index (χ2v) is 11.4. The summed E-state index contributed by atoms with van der Waals surface area (Å²) in [6.07, 6.45) is -1.30. The van der Waals surface area contributed by atoms with Crippen molar-refractivity contribution in [3.8, 4) is 0 Å². The van der Waals surface area contributed by atoms with Gasteiger partial charge in [-0.3, -0.25) is 9.59 Å². The molecule has 3 aliphatic heterocycles. The van der Waals surface area contributed by atoms with Gasteiger partial charge in [-0.1, -0.05) is 12.1 Å². The molecule has 4 rings (SSSR count). The van der Waals surface area contributed by atoms with E-state index in [1.165, 1.54) is 25.6 Å². The highest BCUT2D eigenvalue weighted by Crippen LogP contribution is 2.31. The molecule has 12 heteroatoms. The van der Waals surface area contributed by atoms with Gasteiger partial charge in [-0.25, -0.2) is 0 Å². The Morgan fingerprint density at radius 3 is 2.31 bits per heavy atom. The first kappa shape index (κ1) is 25.9. The lowest BCUT2D eigenvalue weighted by Gasteiger charge is -2.42. The van der Waals surface area contributed by atoms with Crippen molar-refractivity contribution in [2.45, 2.75) is 63.8 Å². The lowest BCUT2D eigenvalue weighted by Crippen LogP contribution is -2.58. The Balaban J connectivity index is 1.35. The summed E-state index contributed by atoms with van der Waals surface area (Å²) in [5, 5.41) is 2.73. The van der Waals surface area contributed by atoms with E-state index in [9.17, 15) is 31.2 Å². The molecule has 0 radical (unpaired) electrons. The van der Waals surface area contributed by atoms with Crippen LogP contribution in [0.25, 0.3) is 0 Å². The molecule has 1 aromatic rings. The van der Waals surface area contributed by atoms with Crippen LogP contribution in [0.15, 0.2) is 24.3 Å². The van der Waals surface area contributed by atoms with Crippen LogP contribution in [0.1, 0.15) is 50.2 Å². The zero-order valence-electron chi connectivity index (χ0n) is 19.6. The van der Waals surface area contributed by atoms with E-state index < -0.39 is 33.9 Å². The first-order valence-electron chi connectivity index (χ1n) is 12.0. The standard InChI is InChI=1S/C23H31F3N4O4S/c1-16-10-13-30(16)35(33,34)28-11-2-4-18(15-28)22(32)29-12-3-5-20(29)21(31)27-14-17-6-8-19(9-7-17)23(24,25)26/h6-9,16,18,20H,2-5,10-15H2,1H3,(H,27,31)/t16-,18+,20-/m1/s1. The third kappa shape index (κ3) is 5.49. The predicted molar refractivity (Wildman–Crippen MR) is 122 cm³/mol. The van der Waals surface area contributed by atoms with E-state index in [-0.39, 0.29) is 30.9 Å². The van der Waals surface area contributed by atoms with E-state index in [1.54, 1.807) is 0 Å². The van der Waals surface area contributed by atoms with E-state index in [4.69, 9.17) is 0 Å². The Bertz CT molecular complexity index is 1050. The minimum absolute atomic E-state index is 0.0348. The molecule has 0 aromatic heterocycles. The lowest BCUT2D eigenvalue weighted by molar-refractivity contribution is -0.142. The van der Waals surface area contributed by atoms with Gasteiger partial charge in [0.2, 0.25) is 11.8 Å². The maximum atomic E-state index is 13.3. The smallest absolute Gasteiger partial charge is 0.350 e. The van der Waals surface area contributed by atoms with Gasteiger partial charge in [0.1, 0.15) is 6.04 Å². The molecule has 194 valence electrons. The van der Waals surface area contributed by atoms with Gasteiger partial charge in [0.25, 0.3) is 10.2 Å². The summed E-state index contributed by atoms with van der Waals surface area (Å²) in [6.45, 7) is 3.33. The molecule has 0 saturated carbocycles. The molecule has 35 heavy (non-hydrogen) atoms. The van der Waals surface area contributed by atoms with E-state index in [1.807, 2.05) is 6.92 Å². The fourth-order valence-electron chi connectivity index (χ4n) is 4.99. The predicted octanol–water partition coefficient (Wildman–Crippen LogP) is 2.36. The average molecular weight is 517 g/mol. The number of nitrogens with one attached hydrogen (secondary N) is 1. The Morgan fingerprint density at radius 2 is 1.71 bits per heavy atom. The van der Waals surface area contributed by atoms with E-state index >= 15 is 0 Å². The first-order valence-corrected chi connectivity index (χ1v) is 13.4. The Kier molecular flexibility index (Phi) is 7.44. The zero-order chi connectivity index (χ0) is 25.4. The molecule has 1 N–H and O–H groups in total. The minimum atomic E-state index is -4.42. The molecule has 3 atom stereocenters. The van der Waals surface area contributed by atoms with Crippen molar-refractivity contribution < 1.29 is 31.2 Å². The van der Waals surface area contributed by atoms with Crippen LogP contribution in [0.4, 0.5) is 13.2 Å². The Labute approximate surface area is 203 Å². The quantitative estimate of drug-likeness (QED) is 0.629. The Morgan fingerprint density at radius 1 is 1.03 bits per heavy atom. The third-order valence-electron chi connectivity index (χ3n) is 7.20. The van der Waals surface area contributed by atoms with E-state index in [2.05, 4.69) is 5.32 Å². The van der Waals surface area contributed by atoms with Gasteiger partial charge >= 0.3 is 6.18 Å². The minimum Gasteiger partial charge on any atom is -0.350 e. The molecular weight excluding hydrogens is 485 g/mol. The zero-order valence-corrected chi connectivity index (χ0v) is 20.4. The Hall–Kier alpha value is -2.18. The van der Waals surface area contributed by atoms with Crippen molar-refractivity contribution in [3.63, 3.8) is 0 Å². The van der Waals surface area contributed by atoms with Gasteiger partial charge in [-0.2, -0.15) is 30.2 Å². The summed E-state index contributed by atoms with van der Waals surface area (Å²) in [7, 11) is -3.60. The largest absolute Gasteiger partial charge is 0.416 e. The second kappa shape index (κ2) is 10.1. The number of piperidine rings is 1. The molecule has 0 aliphatic carbocycles. The number of hydrogen-bond donors (Lipinski definition) is 1. The average Bonchev–Trinajstić information content (AvgIpc) is 3.30. The van der Waals surface area contributed by atoms with Crippen LogP contribution in [0.2, 0.25) is 0 Å². The fraction of sp³-hybridized carbons (Fsp3) is 0.652. The highest BCUT2D eigenvalue weighted by atomic mass is 32.2. The van der Waals surface area contributed by atoms with Crippen LogP contribution >= 0.6 is 0 Å². The summed E-state index contributed by atoms with van der Waals surface area (Å²) in [6, 6.07) is 3.87. The number of carbonyl (C=O) groups is 2. The molecule has 0 unspecified atom stereocenters. The van der Waals surface area contributed by atoms with Crippen molar-refractivity contribution in [2.24, 2.45) is 5.92 Å². The van der Waals surface area contributed by atoms with E-state index in [0.29, 0.717) is 50.9 Å². The van der Waals surface area contributed by atoms with Crippen LogP contribution in [0, 0.1) is 5.92 Å². The van der Waals surface area contributed by atoms with Crippen LogP contribution in [0.5, 0.6) is 0 Å². The van der Waals surface area contributed by atoms with Gasteiger partial charge in [-0.15, -0.1) is 0 Å². The first-order chi connectivity index (χ1) is 16.5. The SMILES string of the molecule is C[C@@H]1CCN1S(=O)(=O)N1CCC[C@H](C(=O)N2CCC[C@@H]2C(=O)NCc2ccc(C(F)(F)F)cc2)C1. The van der Waals surface area contributed by atoms with Gasteiger partial charge in [0.05, 0.1) is 11.5 Å². The van der Waals surface area contributed by atoms with Crippen molar-refractivity contribution >= 4 is 22.0 Å². The molecular formula is C23H31F3N4O4S. The molecule has 8 nitrogen and oxygen atoms in total. The second-order valence-electron chi connectivity index (χ2n) is 9.56. The number of alkyl halides is 3. The normalized spacial score (nSPS) is 26.4. The topological polar surface area (TPSA) is 90.0 Å². The van der Waals surface area contributed by atoms with E-state index in [0.717, 1.165) is 18.6 Å². The van der Waals surface area contributed by atoms with Crippen LogP contribution in [-0.4, -0.2) is 72.0 Å². The summed E-state index contributed by atoms with van der Waals surface area (Å²) in [5.41, 5.74) is -0.233. The number of amides is 2. The highest BCUT2D eigenvalue weighted by molar-refractivity contribution is 7.86. The highest BCUT2D eigenvalue weighted by Gasteiger charge is 2.43. The van der Waals surface area contributed by atoms with Crippen molar-refractivity contribution in [2.75, 3.05) is 26.2 Å². The monoisotopic (exact) mass is 516 g/mol. The van der Waals surface area contributed by atoms with Gasteiger partial charge in [0, 0.05) is 38.8 Å². The number of benzene rings is 1. The van der Waals surface area contributed by atoms with Gasteiger partial charge < -0.3 is 10.2 Å². The van der Waals surface area contributed by atoms with Crippen molar-refractivity contribution in [1.82, 2.24) is 18.8 Å². The van der Waals surface area contributed by atoms with Crippen LogP contribution < -0.4 is 5.32 Å². The van der Waals surface area contributed by atoms with Gasteiger partial charge in [-0.05, 0) is 56.7 Å². The van der Waals surface area contributed by atoms with Crippen LogP contribution in [-0.2, 0) is 32.5 Å². The molecule has 1 aromatic carbocycles. The van der Waals surface area contributed by atoms with Crippen LogP contribution in [0.3, 0.4) is 0 Å². The number of hydrogen-bond acceptors (Lipinski definition) is 4. The maximum absolute atomic E-state index is 13.3. The van der Waals surface area contributed by atoms with Crippen molar-refractivity contribution in [3.05, 3.63) is 35.4 Å². The summed E-state index contributed by atoms with van der Waals surface area (Å²) >= 11 is 0. The molecule has 3 saturated heterocycles. The molecule has 2 amide bonds. The number of nitrogens with zero attached hydrogens (tertiary/aromatic N) is 3. The fourth-order valence-corrected chi connectivity index (χ4v) is 6.91. The summed E-state index contributed by atoms with van der Waals surface area (Å²) in [5.74, 6) is -1.07. The molecule has 0 spiro atoms. The summed E-state index contributed by atoms with van der Waals surface area (Å²) < 4.78 is 66.9.